The molecule has 0 saturated carbocycles. The molecule has 2 atom stereocenters. The molecular weight excluding hydrogens is 298 g/mol. The van der Waals surface area contributed by atoms with E-state index in [0.717, 1.165) is 14.2 Å². The topological polar surface area (TPSA) is 175 Å². The van der Waals surface area contributed by atoms with Crippen LogP contribution in [0.2, 0.25) is 0 Å². The quantitative estimate of drug-likeness (QED) is 0.213. The second-order valence-electron chi connectivity index (χ2n) is 2.88. The molecule has 0 heterocycles. The zero-order valence-electron chi connectivity index (χ0n) is 9.38. The third kappa shape index (κ3) is 6.23. The van der Waals surface area contributed by atoms with E-state index in [1.165, 1.54) is 0 Å². The summed E-state index contributed by atoms with van der Waals surface area (Å²) in [7, 11) is -7.72. The molecule has 0 radical (unpaired) electrons. The number of carbonyl (C=O) groups is 1. The first-order valence-electron chi connectivity index (χ1n) is 4.31. The van der Waals surface area contributed by atoms with Crippen molar-refractivity contribution in [3.63, 3.8) is 0 Å². The summed E-state index contributed by atoms with van der Waals surface area (Å²) in [6, 6.07) is 0. The zero-order valence-corrected chi connectivity index (χ0v) is 11.4. The molecule has 0 saturated heterocycles. The Morgan fingerprint density at radius 3 is 1.83 bits per heavy atom. The van der Waals surface area contributed by atoms with Crippen LogP contribution in [0.5, 0.6) is 0 Å². The zero-order chi connectivity index (χ0) is 14.6. The Labute approximate surface area is 102 Å². The van der Waals surface area contributed by atoms with Gasteiger partial charge in [-0.2, -0.15) is 0 Å². The Hall–Kier alpha value is -0.0300. The van der Waals surface area contributed by atoms with Crippen LogP contribution in [0.3, 0.4) is 0 Å². The van der Waals surface area contributed by atoms with Crippen LogP contribution in [0, 0.1) is 0 Å². The Morgan fingerprint density at radius 1 is 1.00 bits per heavy atom. The summed E-state index contributed by atoms with van der Waals surface area (Å²) in [5, 5.41) is 18.2. The van der Waals surface area contributed by atoms with Gasteiger partial charge in [0, 0.05) is 0 Å². The fourth-order valence-corrected chi connectivity index (χ4v) is 1.63. The molecule has 11 nitrogen and oxygen atoms in total. The molecule has 0 fully saturated rings. The van der Waals surface area contributed by atoms with E-state index in [1.807, 2.05) is 0 Å². The number of hydrogen-bond acceptors (Lipinski definition) is 11. The summed E-state index contributed by atoms with van der Waals surface area (Å²) in [4.78, 5) is 46.7. The molecule has 0 aliphatic carbocycles. The standard InChI is InChI=1S/C5H16O11P2/c1-13-17(9,10)15-4(7)3(6)5(8)16-18(11,12)14-2/h3-4,6-7,9-12,17-18H,1-2H3. The minimum atomic E-state index is -4.74. The molecule has 112 valence electrons. The van der Waals surface area contributed by atoms with Crippen molar-refractivity contribution in [3.8, 4) is 0 Å². The molecule has 0 bridgehead atoms. The van der Waals surface area contributed by atoms with Crippen molar-refractivity contribution in [1.29, 1.82) is 0 Å². The molecule has 6 N–H and O–H groups in total. The van der Waals surface area contributed by atoms with Crippen LogP contribution in [0.4, 0.5) is 0 Å². The Kier molecular flexibility index (Phi) is 6.93. The van der Waals surface area contributed by atoms with Gasteiger partial charge in [0.1, 0.15) is 0 Å². The van der Waals surface area contributed by atoms with E-state index in [2.05, 4.69) is 18.1 Å². The van der Waals surface area contributed by atoms with E-state index in [-0.39, 0.29) is 0 Å². The van der Waals surface area contributed by atoms with E-state index >= 15 is 0 Å². The molecule has 0 rings (SSSR count). The van der Waals surface area contributed by atoms with E-state index < -0.39 is 34.7 Å². The number of aliphatic hydroxyl groups excluding tert-OH is 2. The molecule has 18 heavy (non-hydrogen) atoms. The third-order valence-electron chi connectivity index (χ3n) is 1.55. The molecule has 0 aromatic carbocycles. The van der Waals surface area contributed by atoms with Crippen molar-refractivity contribution in [2.75, 3.05) is 14.2 Å². The van der Waals surface area contributed by atoms with Crippen molar-refractivity contribution < 1.29 is 52.7 Å². The molecule has 0 aliphatic rings. The summed E-state index contributed by atoms with van der Waals surface area (Å²) in [5.41, 5.74) is 0. The average molecular weight is 314 g/mol. The SMILES string of the molecule is CO[PH](O)(O)OC(=O)C(O)C(O)O[PH](O)(O)OC. The summed E-state index contributed by atoms with van der Waals surface area (Å²) in [6.07, 6.45) is -4.83. The third-order valence-corrected chi connectivity index (χ3v) is 3.63. The average Bonchev–Trinajstić information content (AvgIpc) is 2.26. The second-order valence-corrected chi connectivity index (χ2v) is 6.33. The monoisotopic (exact) mass is 314 g/mol. The van der Waals surface area contributed by atoms with Gasteiger partial charge in [0.15, 0.2) is 0 Å². The van der Waals surface area contributed by atoms with Gasteiger partial charge in [0.25, 0.3) is 0 Å². The Morgan fingerprint density at radius 2 is 1.44 bits per heavy atom. The van der Waals surface area contributed by atoms with Crippen molar-refractivity contribution in [1.82, 2.24) is 0 Å². The van der Waals surface area contributed by atoms with Gasteiger partial charge in [-0.05, 0) is 0 Å². The van der Waals surface area contributed by atoms with Gasteiger partial charge in [-0.15, -0.1) is 0 Å². The van der Waals surface area contributed by atoms with E-state index in [9.17, 15) is 4.79 Å². The maximum absolute atomic E-state index is 11.1. The fraction of sp³-hybridized carbons (Fsp3) is 0.800. The molecule has 13 heteroatoms. The van der Waals surface area contributed by atoms with Crippen molar-refractivity contribution in [2.24, 2.45) is 0 Å². The summed E-state index contributed by atoms with van der Waals surface area (Å²) >= 11 is 0. The van der Waals surface area contributed by atoms with E-state index in [1.54, 1.807) is 0 Å². The number of rotatable bonds is 7. The predicted molar refractivity (Wildman–Crippen MR) is 58.7 cm³/mol. The van der Waals surface area contributed by atoms with Crippen LogP contribution < -0.4 is 0 Å². The van der Waals surface area contributed by atoms with Crippen LogP contribution >= 0.6 is 16.3 Å². The van der Waals surface area contributed by atoms with Crippen LogP contribution in [-0.4, -0.2) is 62.4 Å². The minimum absolute atomic E-state index is 0.836. The summed E-state index contributed by atoms with van der Waals surface area (Å²) < 4.78 is 16.1. The molecule has 0 aromatic rings. The van der Waals surface area contributed by atoms with E-state index in [0.29, 0.717) is 0 Å². The Balaban J connectivity index is 4.47. The van der Waals surface area contributed by atoms with E-state index in [4.69, 9.17) is 29.8 Å². The molecule has 0 aromatic heterocycles. The molecule has 0 amide bonds. The fourth-order valence-electron chi connectivity index (χ4n) is 0.619. The van der Waals surface area contributed by atoms with Gasteiger partial charge in [-0.25, -0.2) is 0 Å². The first kappa shape index (κ1) is 18.0. The number of hydrogen-bond donors (Lipinski definition) is 6. The van der Waals surface area contributed by atoms with Crippen LogP contribution in [0.15, 0.2) is 0 Å². The van der Waals surface area contributed by atoms with Crippen molar-refractivity contribution in [3.05, 3.63) is 0 Å². The van der Waals surface area contributed by atoms with Gasteiger partial charge in [0.2, 0.25) is 0 Å². The molecule has 0 aliphatic heterocycles. The second kappa shape index (κ2) is 6.94. The first-order valence-corrected chi connectivity index (χ1v) is 7.73. The predicted octanol–water partition coefficient (Wildman–Crippen LogP) is -2.69. The Bertz CT molecular complexity index is 281. The van der Waals surface area contributed by atoms with Crippen LogP contribution in [-0.2, 0) is 22.9 Å². The van der Waals surface area contributed by atoms with Crippen molar-refractivity contribution in [2.45, 2.75) is 12.4 Å². The molecular formula is C5H16O11P2. The summed E-state index contributed by atoms with van der Waals surface area (Å²) in [6.45, 7) is 0. The van der Waals surface area contributed by atoms with Crippen molar-refractivity contribution >= 4 is 22.3 Å². The van der Waals surface area contributed by atoms with Crippen LogP contribution in [0.1, 0.15) is 0 Å². The van der Waals surface area contributed by atoms with Gasteiger partial charge >= 0.3 is 102 Å². The van der Waals surface area contributed by atoms with Crippen LogP contribution in [0.25, 0.3) is 0 Å². The normalized spacial score (nSPS) is 18.0. The maximum atomic E-state index is 11.1. The van der Waals surface area contributed by atoms with Gasteiger partial charge in [-0.3, -0.25) is 0 Å². The van der Waals surface area contributed by atoms with Gasteiger partial charge in [0.05, 0.1) is 0 Å². The van der Waals surface area contributed by atoms with Gasteiger partial charge < -0.3 is 0 Å². The van der Waals surface area contributed by atoms with Gasteiger partial charge in [-0.1, -0.05) is 0 Å². The first-order chi connectivity index (χ1) is 8.04. The summed E-state index contributed by atoms with van der Waals surface area (Å²) in [5.74, 6) is -1.69. The number of carbonyl (C=O) groups excluding carboxylic acids is 1. The molecule has 2 unspecified atom stereocenters. The number of aliphatic hydroxyl groups is 2. The molecule has 0 spiro atoms.